The van der Waals surface area contributed by atoms with Gasteiger partial charge in [-0.15, -0.1) is 11.8 Å². The van der Waals surface area contributed by atoms with Crippen LogP contribution in [-0.4, -0.2) is 21.6 Å². The van der Waals surface area contributed by atoms with Gasteiger partial charge in [0.05, 0.1) is 0 Å². The second kappa shape index (κ2) is 4.76. The fourth-order valence-corrected chi connectivity index (χ4v) is 3.30. The van der Waals surface area contributed by atoms with Crippen LogP contribution in [-0.2, 0) is 11.2 Å². The van der Waals surface area contributed by atoms with Crippen molar-refractivity contribution in [2.45, 2.75) is 42.8 Å². The van der Waals surface area contributed by atoms with Crippen LogP contribution in [0.25, 0.3) is 0 Å². The highest BCUT2D eigenvalue weighted by atomic mass is 32.2. The highest BCUT2D eigenvalue weighted by Crippen LogP contribution is 2.42. The SMILES string of the molecule is CC1(C)CCc2cc(C(=O)CC(=O)O)ccc2S1. The van der Waals surface area contributed by atoms with Gasteiger partial charge in [-0.05, 0) is 30.5 Å². The van der Waals surface area contributed by atoms with Crippen LogP contribution in [0, 0.1) is 0 Å². The zero-order valence-electron chi connectivity index (χ0n) is 10.5. The highest BCUT2D eigenvalue weighted by Gasteiger charge is 2.26. The highest BCUT2D eigenvalue weighted by molar-refractivity contribution is 8.00. The molecule has 0 radical (unpaired) electrons. The van der Waals surface area contributed by atoms with Gasteiger partial charge >= 0.3 is 5.97 Å². The molecule has 1 N–H and O–H groups in total. The first-order valence-corrected chi connectivity index (χ1v) is 6.76. The third-order valence-electron chi connectivity index (χ3n) is 3.08. The molecule has 96 valence electrons. The van der Waals surface area contributed by atoms with E-state index in [0.29, 0.717) is 5.56 Å². The molecule has 0 fully saturated rings. The number of Topliss-reactive ketones (excluding diaryl/α,β-unsaturated/α-hetero) is 1. The molecule has 0 aromatic heterocycles. The van der Waals surface area contributed by atoms with E-state index in [0.717, 1.165) is 18.4 Å². The number of carboxylic acids is 1. The van der Waals surface area contributed by atoms with E-state index in [1.165, 1.54) is 4.90 Å². The molecule has 0 saturated carbocycles. The molecule has 0 unspecified atom stereocenters. The summed E-state index contributed by atoms with van der Waals surface area (Å²) in [6.07, 6.45) is 1.59. The molecule has 1 aromatic carbocycles. The summed E-state index contributed by atoms with van der Waals surface area (Å²) in [5.41, 5.74) is 1.67. The number of ketones is 1. The van der Waals surface area contributed by atoms with Crippen molar-refractivity contribution < 1.29 is 14.7 Å². The Hall–Kier alpha value is -1.29. The predicted octanol–water partition coefficient (Wildman–Crippen LogP) is 3.16. The fourth-order valence-electron chi connectivity index (χ4n) is 2.07. The Kier molecular flexibility index (Phi) is 3.48. The Balaban J connectivity index is 2.24. The number of carboxylic acid groups (broad SMARTS) is 1. The maximum atomic E-state index is 11.7. The third kappa shape index (κ3) is 2.93. The van der Waals surface area contributed by atoms with E-state index in [4.69, 9.17) is 5.11 Å². The number of thioether (sulfide) groups is 1. The van der Waals surface area contributed by atoms with Crippen molar-refractivity contribution in [3.05, 3.63) is 29.3 Å². The van der Waals surface area contributed by atoms with E-state index in [-0.39, 0.29) is 10.5 Å². The van der Waals surface area contributed by atoms with Crippen LogP contribution in [0.5, 0.6) is 0 Å². The molecule has 0 aliphatic carbocycles. The second-order valence-electron chi connectivity index (χ2n) is 5.18. The Labute approximate surface area is 111 Å². The molecule has 1 heterocycles. The number of carbonyl (C=O) groups excluding carboxylic acids is 1. The van der Waals surface area contributed by atoms with Crippen molar-refractivity contribution in [1.82, 2.24) is 0 Å². The lowest BCUT2D eigenvalue weighted by Gasteiger charge is -2.30. The summed E-state index contributed by atoms with van der Waals surface area (Å²) < 4.78 is 0.236. The molecule has 0 spiro atoms. The van der Waals surface area contributed by atoms with Crippen molar-refractivity contribution in [1.29, 1.82) is 0 Å². The summed E-state index contributed by atoms with van der Waals surface area (Å²) in [7, 11) is 0. The summed E-state index contributed by atoms with van der Waals surface area (Å²) in [4.78, 5) is 23.4. The summed E-state index contributed by atoms with van der Waals surface area (Å²) in [6, 6.07) is 5.53. The smallest absolute Gasteiger partial charge is 0.311 e. The molecule has 2 rings (SSSR count). The molecule has 0 saturated heterocycles. The molecule has 1 aromatic rings. The molecule has 0 bridgehead atoms. The number of hydrogen-bond donors (Lipinski definition) is 1. The van der Waals surface area contributed by atoms with Crippen LogP contribution in [0.2, 0.25) is 0 Å². The van der Waals surface area contributed by atoms with E-state index in [1.807, 2.05) is 23.9 Å². The van der Waals surface area contributed by atoms with Crippen LogP contribution in [0.3, 0.4) is 0 Å². The van der Waals surface area contributed by atoms with Gasteiger partial charge in [-0.25, -0.2) is 0 Å². The van der Waals surface area contributed by atoms with Crippen molar-refractivity contribution in [3.63, 3.8) is 0 Å². The molecule has 1 aliphatic rings. The summed E-state index contributed by atoms with van der Waals surface area (Å²) in [5.74, 6) is -1.40. The van der Waals surface area contributed by atoms with Crippen molar-refractivity contribution >= 4 is 23.5 Å². The lowest BCUT2D eigenvalue weighted by molar-refractivity contribution is -0.135. The maximum Gasteiger partial charge on any atom is 0.311 e. The van der Waals surface area contributed by atoms with Gasteiger partial charge in [0.25, 0.3) is 0 Å². The average molecular weight is 264 g/mol. The van der Waals surface area contributed by atoms with Gasteiger partial charge in [-0.3, -0.25) is 9.59 Å². The first-order valence-electron chi connectivity index (χ1n) is 5.94. The van der Waals surface area contributed by atoms with E-state index >= 15 is 0 Å². The maximum absolute atomic E-state index is 11.7. The van der Waals surface area contributed by atoms with Gasteiger partial charge in [0, 0.05) is 15.2 Å². The van der Waals surface area contributed by atoms with Crippen LogP contribution in [0.4, 0.5) is 0 Å². The number of hydrogen-bond acceptors (Lipinski definition) is 3. The van der Waals surface area contributed by atoms with E-state index in [9.17, 15) is 9.59 Å². The number of rotatable bonds is 3. The minimum atomic E-state index is -1.08. The molecule has 0 atom stereocenters. The monoisotopic (exact) mass is 264 g/mol. The Morgan fingerprint density at radius 2 is 2.11 bits per heavy atom. The molecule has 18 heavy (non-hydrogen) atoms. The molecular formula is C14H16O3S. The molecule has 4 heteroatoms. The van der Waals surface area contributed by atoms with E-state index < -0.39 is 12.4 Å². The zero-order chi connectivity index (χ0) is 13.3. The minimum Gasteiger partial charge on any atom is -0.481 e. The summed E-state index contributed by atoms with van der Waals surface area (Å²) in [6.45, 7) is 4.42. The van der Waals surface area contributed by atoms with E-state index in [1.54, 1.807) is 6.07 Å². The molecule has 0 amide bonds. The van der Waals surface area contributed by atoms with Gasteiger partial charge in [0.1, 0.15) is 6.42 Å². The predicted molar refractivity (Wildman–Crippen MR) is 71.3 cm³/mol. The topological polar surface area (TPSA) is 54.4 Å². The van der Waals surface area contributed by atoms with Gasteiger partial charge in [-0.2, -0.15) is 0 Å². The molecule has 1 aliphatic heterocycles. The number of aliphatic carboxylic acids is 1. The van der Waals surface area contributed by atoms with Gasteiger partial charge < -0.3 is 5.11 Å². The van der Waals surface area contributed by atoms with Crippen molar-refractivity contribution in [3.8, 4) is 0 Å². The first-order chi connectivity index (χ1) is 8.37. The summed E-state index contributed by atoms with van der Waals surface area (Å²) in [5, 5.41) is 8.63. The fraction of sp³-hybridized carbons (Fsp3) is 0.429. The molecule has 3 nitrogen and oxygen atoms in total. The minimum absolute atomic E-state index is 0.236. The lowest BCUT2D eigenvalue weighted by atomic mass is 9.98. The Bertz CT molecular complexity index is 506. The van der Waals surface area contributed by atoms with Crippen LogP contribution in [0.1, 0.15) is 42.6 Å². The largest absolute Gasteiger partial charge is 0.481 e. The molecular weight excluding hydrogens is 248 g/mol. The standard InChI is InChI=1S/C14H16O3S/c1-14(2)6-5-10-7-9(3-4-12(10)18-14)11(15)8-13(16)17/h3-4,7H,5-6,8H2,1-2H3,(H,16,17). The normalized spacial score (nSPS) is 17.0. The summed E-state index contributed by atoms with van der Waals surface area (Å²) >= 11 is 1.82. The first kappa shape index (κ1) is 13.1. The lowest BCUT2D eigenvalue weighted by Crippen LogP contribution is -2.20. The van der Waals surface area contributed by atoms with Crippen molar-refractivity contribution in [2.24, 2.45) is 0 Å². The van der Waals surface area contributed by atoms with Gasteiger partial charge in [0.2, 0.25) is 0 Å². The zero-order valence-corrected chi connectivity index (χ0v) is 11.3. The Morgan fingerprint density at radius 3 is 2.78 bits per heavy atom. The van der Waals surface area contributed by atoms with Crippen LogP contribution >= 0.6 is 11.8 Å². The number of fused-ring (bicyclic) bond motifs is 1. The second-order valence-corrected chi connectivity index (χ2v) is 6.93. The average Bonchev–Trinajstić information content (AvgIpc) is 2.26. The van der Waals surface area contributed by atoms with Crippen molar-refractivity contribution in [2.75, 3.05) is 0 Å². The Morgan fingerprint density at radius 1 is 1.39 bits per heavy atom. The van der Waals surface area contributed by atoms with Gasteiger partial charge in [-0.1, -0.05) is 19.9 Å². The number of carbonyl (C=O) groups is 2. The van der Waals surface area contributed by atoms with Gasteiger partial charge in [0.15, 0.2) is 5.78 Å². The van der Waals surface area contributed by atoms with Crippen LogP contribution in [0.15, 0.2) is 23.1 Å². The van der Waals surface area contributed by atoms with Crippen LogP contribution < -0.4 is 0 Å². The number of aryl methyl sites for hydroxylation is 1. The van der Waals surface area contributed by atoms with E-state index in [2.05, 4.69) is 13.8 Å². The third-order valence-corrected chi connectivity index (χ3v) is 4.45. The quantitative estimate of drug-likeness (QED) is 0.673. The number of benzene rings is 1.